The smallest absolute Gasteiger partial charge is 0.320 e. The predicted molar refractivity (Wildman–Crippen MR) is 73.3 cm³/mol. The molecule has 4 nitrogen and oxygen atoms in total. The molecule has 0 aromatic heterocycles. The average Bonchev–Trinajstić information content (AvgIpc) is 2.66. The van der Waals surface area contributed by atoms with Crippen LogP contribution in [0.5, 0.6) is 5.75 Å². The highest BCUT2D eigenvalue weighted by Gasteiger charge is 2.27. The number of rotatable bonds is 4. The number of carboxylic acids is 1. The first-order chi connectivity index (χ1) is 9.61. The number of carboxylic acid groups (broad SMARTS) is 1. The molecule has 1 aliphatic rings. The Morgan fingerprint density at radius 1 is 1.45 bits per heavy atom. The summed E-state index contributed by atoms with van der Waals surface area (Å²) in [6.07, 6.45) is 3.54. The number of benzene rings is 1. The van der Waals surface area contributed by atoms with Gasteiger partial charge in [0.2, 0.25) is 0 Å². The molecule has 0 aliphatic carbocycles. The predicted octanol–water partition coefficient (Wildman–Crippen LogP) is 2.66. The van der Waals surface area contributed by atoms with Crippen molar-refractivity contribution in [3.05, 3.63) is 29.6 Å². The SMILES string of the molecule is COc1ccc(CN2CCCCCC2C(=O)O)c(F)c1. The minimum atomic E-state index is -0.819. The lowest BCUT2D eigenvalue weighted by Crippen LogP contribution is -2.40. The maximum atomic E-state index is 14.0. The lowest BCUT2D eigenvalue weighted by Gasteiger charge is -2.26. The van der Waals surface area contributed by atoms with Crippen molar-refractivity contribution < 1.29 is 19.0 Å². The number of likely N-dealkylation sites (tertiary alicyclic amines) is 1. The summed E-state index contributed by atoms with van der Waals surface area (Å²) in [5.74, 6) is -0.699. The van der Waals surface area contributed by atoms with Crippen LogP contribution >= 0.6 is 0 Å². The van der Waals surface area contributed by atoms with E-state index in [1.54, 1.807) is 12.1 Å². The van der Waals surface area contributed by atoms with E-state index in [9.17, 15) is 14.3 Å². The molecule has 0 amide bonds. The van der Waals surface area contributed by atoms with Crippen LogP contribution in [0.4, 0.5) is 4.39 Å². The fourth-order valence-corrected chi connectivity index (χ4v) is 2.64. The fourth-order valence-electron chi connectivity index (χ4n) is 2.64. The Kier molecular flexibility index (Phi) is 4.95. The van der Waals surface area contributed by atoms with Crippen LogP contribution in [0.15, 0.2) is 18.2 Å². The van der Waals surface area contributed by atoms with Crippen molar-refractivity contribution in [2.75, 3.05) is 13.7 Å². The van der Waals surface area contributed by atoms with Crippen molar-refractivity contribution >= 4 is 5.97 Å². The summed E-state index contributed by atoms with van der Waals surface area (Å²) in [6.45, 7) is 1.02. The molecule has 0 saturated carbocycles. The van der Waals surface area contributed by atoms with Gasteiger partial charge in [0.25, 0.3) is 0 Å². The third-order valence-corrected chi connectivity index (χ3v) is 3.78. The highest BCUT2D eigenvalue weighted by Crippen LogP contribution is 2.22. The van der Waals surface area contributed by atoms with Crippen molar-refractivity contribution in [3.63, 3.8) is 0 Å². The molecular weight excluding hydrogens is 261 g/mol. The maximum Gasteiger partial charge on any atom is 0.320 e. The molecule has 1 N–H and O–H groups in total. The number of halogens is 1. The quantitative estimate of drug-likeness (QED) is 0.922. The normalized spacial score (nSPS) is 20.4. The van der Waals surface area contributed by atoms with E-state index < -0.39 is 12.0 Å². The zero-order chi connectivity index (χ0) is 14.5. The molecule has 1 heterocycles. The Morgan fingerprint density at radius 2 is 2.25 bits per heavy atom. The summed E-state index contributed by atoms with van der Waals surface area (Å²) < 4.78 is 18.9. The molecule has 0 spiro atoms. The zero-order valence-electron chi connectivity index (χ0n) is 11.6. The Hall–Kier alpha value is -1.62. The van der Waals surface area contributed by atoms with E-state index in [4.69, 9.17) is 4.74 Å². The van der Waals surface area contributed by atoms with Crippen molar-refractivity contribution in [1.82, 2.24) is 4.90 Å². The molecule has 1 aromatic rings. The van der Waals surface area contributed by atoms with Crippen LogP contribution in [0, 0.1) is 5.82 Å². The molecule has 1 atom stereocenters. The second kappa shape index (κ2) is 6.70. The fraction of sp³-hybridized carbons (Fsp3) is 0.533. The van der Waals surface area contributed by atoms with Crippen LogP contribution in [-0.2, 0) is 11.3 Å². The van der Waals surface area contributed by atoms with Gasteiger partial charge < -0.3 is 9.84 Å². The molecule has 20 heavy (non-hydrogen) atoms. The standard InChI is InChI=1S/C15H20FNO3/c1-20-12-7-6-11(13(16)9-12)10-17-8-4-2-3-5-14(17)15(18)19/h6-7,9,14H,2-5,8,10H2,1H3,(H,18,19). The van der Waals surface area contributed by atoms with Crippen LogP contribution in [0.3, 0.4) is 0 Å². The summed E-state index contributed by atoms with van der Waals surface area (Å²) in [5.41, 5.74) is 0.513. The Balaban J connectivity index is 2.15. The van der Waals surface area contributed by atoms with Gasteiger partial charge in [0, 0.05) is 18.2 Å². The van der Waals surface area contributed by atoms with E-state index in [1.807, 2.05) is 4.90 Å². The van der Waals surface area contributed by atoms with Crippen molar-refractivity contribution in [2.24, 2.45) is 0 Å². The molecule has 1 aromatic carbocycles. The van der Waals surface area contributed by atoms with Gasteiger partial charge >= 0.3 is 5.97 Å². The molecule has 1 saturated heterocycles. The van der Waals surface area contributed by atoms with Gasteiger partial charge in [-0.1, -0.05) is 18.9 Å². The van der Waals surface area contributed by atoms with Crippen LogP contribution in [-0.4, -0.2) is 35.7 Å². The Morgan fingerprint density at radius 3 is 2.90 bits per heavy atom. The van der Waals surface area contributed by atoms with Crippen LogP contribution in [0.25, 0.3) is 0 Å². The number of hydrogen-bond acceptors (Lipinski definition) is 3. The van der Waals surface area contributed by atoms with E-state index in [1.165, 1.54) is 13.2 Å². The van der Waals surface area contributed by atoms with Gasteiger partial charge in [-0.25, -0.2) is 4.39 Å². The molecule has 0 bridgehead atoms. The number of carbonyl (C=O) groups is 1. The molecule has 5 heteroatoms. The molecule has 1 aliphatic heterocycles. The first-order valence-electron chi connectivity index (χ1n) is 6.91. The highest BCUT2D eigenvalue weighted by molar-refractivity contribution is 5.73. The van der Waals surface area contributed by atoms with Crippen LogP contribution < -0.4 is 4.74 Å². The van der Waals surface area contributed by atoms with Crippen molar-refractivity contribution in [3.8, 4) is 5.75 Å². The van der Waals surface area contributed by atoms with E-state index in [0.29, 0.717) is 30.8 Å². The van der Waals surface area contributed by atoms with E-state index >= 15 is 0 Å². The zero-order valence-corrected chi connectivity index (χ0v) is 11.6. The van der Waals surface area contributed by atoms with Gasteiger partial charge in [0.1, 0.15) is 17.6 Å². The van der Waals surface area contributed by atoms with Crippen LogP contribution in [0.2, 0.25) is 0 Å². The topological polar surface area (TPSA) is 49.8 Å². The number of ether oxygens (including phenoxy) is 1. The minimum Gasteiger partial charge on any atom is -0.497 e. The van der Waals surface area contributed by atoms with Crippen LogP contribution in [0.1, 0.15) is 31.2 Å². The third-order valence-electron chi connectivity index (χ3n) is 3.78. The first kappa shape index (κ1) is 14.8. The summed E-state index contributed by atoms with van der Waals surface area (Å²) in [7, 11) is 1.49. The molecular formula is C15H20FNO3. The lowest BCUT2D eigenvalue weighted by atomic mass is 10.1. The summed E-state index contributed by atoms with van der Waals surface area (Å²) in [5, 5.41) is 9.31. The second-order valence-corrected chi connectivity index (χ2v) is 5.13. The van der Waals surface area contributed by atoms with Crippen molar-refractivity contribution in [2.45, 2.75) is 38.3 Å². The number of aliphatic carboxylic acids is 1. The first-order valence-corrected chi connectivity index (χ1v) is 6.91. The number of nitrogens with zero attached hydrogens (tertiary/aromatic N) is 1. The molecule has 1 unspecified atom stereocenters. The molecule has 0 radical (unpaired) electrons. The number of methoxy groups -OCH3 is 1. The summed E-state index contributed by atoms with van der Waals surface area (Å²) in [4.78, 5) is 13.2. The maximum absolute atomic E-state index is 14.0. The molecule has 1 fully saturated rings. The number of hydrogen-bond donors (Lipinski definition) is 1. The summed E-state index contributed by atoms with van der Waals surface area (Å²) >= 11 is 0. The van der Waals surface area contributed by atoms with Gasteiger partial charge in [-0.3, -0.25) is 9.69 Å². The Bertz CT molecular complexity index is 478. The van der Waals surface area contributed by atoms with Gasteiger partial charge in [-0.05, 0) is 25.5 Å². The van der Waals surface area contributed by atoms with Crippen molar-refractivity contribution in [1.29, 1.82) is 0 Å². The van der Waals surface area contributed by atoms with E-state index in [0.717, 1.165) is 19.3 Å². The Labute approximate surface area is 118 Å². The van der Waals surface area contributed by atoms with Gasteiger partial charge in [-0.2, -0.15) is 0 Å². The van der Waals surface area contributed by atoms with E-state index in [2.05, 4.69) is 0 Å². The van der Waals surface area contributed by atoms with E-state index in [-0.39, 0.29) is 5.82 Å². The third kappa shape index (κ3) is 3.48. The van der Waals surface area contributed by atoms with Gasteiger partial charge in [0.05, 0.1) is 7.11 Å². The lowest BCUT2D eigenvalue weighted by molar-refractivity contribution is -0.143. The minimum absolute atomic E-state index is 0.326. The molecule has 2 rings (SSSR count). The average molecular weight is 281 g/mol. The van der Waals surface area contributed by atoms with Gasteiger partial charge in [-0.15, -0.1) is 0 Å². The monoisotopic (exact) mass is 281 g/mol. The summed E-state index contributed by atoms with van der Waals surface area (Å²) in [6, 6.07) is 4.19. The van der Waals surface area contributed by atoms with Gasteiger partial charge in [0.15, 0.2) is 0 Å². The second-order valence-electron chi connectivity index (χ2n) is 5.13. The highest BCUT2D eigenvalue weighted by atomic mass is 19.1. The molecule has 110 valence electrons. The largest absolute Gasteiger partial charge is 0.497 e.